The highest BCUT2D eigenvalue weighted by Gasteiger charge is 2.20. The van der Waals surface area contributed by atoms with Crippen molar-refractivity contribution in [1.29, 1.82) is 0 Å². The lowest BCUT2D eigenvalue weighted by molar-refractivity contribution is -0.384. The number of halogens is 1. The van der Waals surface area contributed by atoms with Crippen LogP contribution in [-0.2, 0) is 11.3 Å². The van der Waals surface area contributed by atoms with Gasteiger partial charge in [0, 0.05) is 28.4 Å². The Hall–Kier alpha value is -3.69. The molecule has 0 N–H and O–H groups in total. The lowest BCUT2D eigenvalue weighted by Gasteiger charge is -2.22. The Bertz CT molecular complexity index is 1310. The van der Waals surface area contributed by atoms with Crippen molar-refractivity contribution in [2.24, 2.45) is 0 Å². The van der Waals surface area contributed by atoms with Gasteiger partial charge in [-0.15, -0.1) is 10.2 Å². The number of carbonyl (C=O) groups excluding carboxylic acids is 1. The van der Waals surface area contributed by atoms with Gasteiger partial charge in [-0.2, -0.15) is 0 Å². The van der Waals surface area contributed by atoms with E-state index in [4.69, 9.17) is 16.0 Å². The number of aryl methyl sites for hydroxylation is 1. The second-order valence-corrected chi connectivity index (χ2v) is 8.77. The highest BCUT2D eigenvalue weighted by molar-refractivity contribution is 7.99. The highest BCUT2D eigenvalue weighted by Crippen LogP contribution is 2.26. The maximum absolute atomic E-state index is 13.2. The molecule has 0 fully saturated rings. The van der Waals surface area contributed by atoms with Crippen molar-refractivity contribution in [2.45, 2.75) is 18.7 Å². The number of amides is 1. The minimum atomic E-state index is -0.480. The third-order valence-corrected chi connectivity index (χ3v) is 5.97. The Balaban J connectivity index is 1.50. The molecule has 0 saturated heterocycles. The number of thioether (sulfide) groups is 1. The minimum absolute atomic E-state index is 0.0417. The summed E-state index contributed by atoms with van der Waals surface area (Å²) in [6.45, 7) is 2.24. The van der Waals surface area contributed by atoms with Crippen LogP contribution in [0.25, 0.3) is 11.5 Å². The van der Waals surface area contributed by atoms with Crippen molar-refractivity contribution in [1.82, 2.24) is 10.2 Å². The van der Waals surface area contributed by atoms with Crippen LogP contribution in [-0.4, -0.2) is 26.8 Å². The number of hydrogen-bond acceptors (Lipinski definition) is 7. The Morgan fingerprint density at radius 1 is 1.09 bits per heavy atom. The molecule has 8 nitrogen and oxygen atoms in total. The molecule has 0 spiro atoms. The smallest absolute Gasteiger partial charge is 0.277 e. The Morgan fingerprint density at radius 3 is 2.50 bits per heavy atom. The summed E-state index contributed by atoms with van der Waals surface area (Å²) in [6, 6.07) is 20.7. The maximum atomic E-state index is 13.2. The number of benzene rings is 3. The van der Waals surface area contributed by atoms with Crippen LogP contribution < -0.4 is 4.90 Å². The Kier molecular flexibility index (Phi) is 7.24. The third-order valence-electron chi connectivity index (χ3n) is 4.92. The fraction of sp³-hybridized carbons (Fsp3) is 0.125. The standard InChI is InChI=1S/C24H19ClN4O4S/c1-16-3-2-4-18(13-16)23-26-27-24(33-23)34-15-22(30)28(14-17-5-7-19(25)8-6-17)20-9-11-21(12-10-20)29(31)32/h2-13H,14-15H2,1H3. The molecular weight excluding hydrogens is 476 g/mol. The van der Waals surface area contributed by atoms with Crippen LogP contribution in [0.3, 0.4) is 0 Å². The van der Waals surface area contributed by atoms with E-state index in [-0.39, 0.29) is 29.1 Å². The van der Waals surface area contributed by atoms with Crippen LogP contribution in [0.1, 0.15) is 11.1 Å². The third kappa shape index (κ3) is 5.81. The molecule has 4 rings (SSSR count). The van der Waals surface area contributed by atoms with Gasteiger partial charge in [-0.1, -0.05) is 53.2 Å². The summed E-state index contributed by atoms with van der Waals surface area (Å²) in [6.07, 6.45) is 0. The van der Waals surface area contributed by atoms with E-state index in [1.807, 2.05) is 43.3 Å². The van der Waals surface area contributed by atoms with E-state index in [0.717, 1.165) is 28.5 Å². The van der Waals surface area contributed by atoms with E-state index < -0.39 is 4.92 Å². The number of hydrogen-bond donors (Lipinski definition) is 0. The summed E-state index contributed by atoms with van der Waals surface area (Å²) < 4.78 is 5.71. The molecule has 0 aliphatic heterocycles. The molecule has 172 valence electrons. The molecule has 0 saturated carbocycles. The average molecular weight is 495 g/mol. The Morgan fingerprint density at radius 2 is 1.82 bits per heavy atom. The van der Waals surface area contributed by atoms with Crippen LogP contribution in [0.15, 0.2) is 82.4 Å². The summed E-state index contributed by atoms with van der Waals surface area (Å²) >= 11 is 7.11. The minimum Gasteiger partial charge on any atom is -0.411 e. The van der Waals surface area contributed by atoms with Crippen LogP contribution in [0.5, 0.6) is 0 Å². The van der Waals surface area contributed by atoms with E-state index in [2.05, 4.69) is 10.2 Å². The van der Waals surface area contributed by atoms with Crippen molar-refractivity contribution >= 4 is 40.6 Å². The van der Waals surface area contributed by atoms with Gasteiger partial charge in [-0.3, -0.25) is 14.9 Å². The van der Waals surface area contributed by atoms with E-state index in [9.17, 15) is 14.9 Å². The second-order valence-electron chi connectivity index (χ2n) is 7.41. The first kappa shape index (κ1) is 23.5. The normalized spacial score (nSPS) is 10.8. The van der Waals surface area contributed by atoms with Gasteiger partial charge < -0.3 is 9.32 Å². The number of non-ortho nitro benzene ring substituents is 1. The van der Waals surface area contributed by atoms with Gasteiger partial charge in [0.05, 0.1) is 17.2 Å². The number of nitro benzene ring substituents is 1. The zero-order chi connectivity index (χ0) is 24.1. The fourth-order valence-corrected chi connectivity index (χ4v) is 3.98. The van der Waals surface area contributed by atoms with Gasteiger partial charge in [0.1, 0.15) is 0 Å². The van der Waals surface area contributed by atoms with Crippen LogP contribution in [0.2, 0.25) is 5.02 Å². The second kappa shape index (κ2) is 10.5. The molecule has 0 unspecified atom stereocenters. The number of nitro groups is 1. The first-order chi connectivity index (χ1) is 16.4. The predicted octanol–water partition coefficient (Wildman–Crippen LogP) is 5.93. The molecule has 3 aromatic carbocycles. The van der Waals surface area contributed by atoms with Gasteiger partial charge in [0.2, 0.25) is 11.8 Å². The van der Waals surface area contributed by atoms with Crippen molar-refractivity contribution in [3.8, 4) is 11.5 Å². The van der Waals surface area contributed by atoms with E-state index in [1.165, 1.54) is 12.1 Å². The summed E-state index contributed by atoms with van der Waals surface area (Å²) in [5.41, 5.74) is 3.23. The molecule has 0 atom stereocenters. The topological polar surface area (TPSA) is 102 Å². The van der Waals surface area contributed by atoms with Crippen molar-refractivity contribution in [3.63, 3.8) is 0 Å². The van der Waals surface area contributed by atoms with Crippen LogP contribution in [0.4, 0.5) is 11.4 Å². The first-order valence-electron chi connectivity index (χ1n) is 10.2. The summed E-state index contributed by atoms with van der Waals surface area (Å²) in [4.78, 5) is 25.3. The molecule has 0 bridgehead atoms. The number of nitrogens with zero attached hydrogens (tertiary/aromatic N) is 4. The van der Waals surface area contributed by atoms with Gasteiger partial charge in [0.15, 0.2) is 0 Å². The van der Waals surface area contributed by atoms with Crippen molar-refractivity contribution in [2.75, 3.05) is 10.7 Å². The van der Waals surface area contributed by atoms with Gasteiger partial charge >= 0.3 is 0 Å². The summed E-state index contributed by atoms with van der Waals surface area (Å²) in [5.74, 6) is 0.205. The van der Waals surface area contributed by atoms with E-state index in [0.29, 0.717) is 16.6 Å². The van der Waals surface area contributed by atoms with Gasteiger partial charge in [-0.25, -0.2) is 0 Å². The van der Waals surface area contributed by atoms with E-state index >= 15 is 0 Å². The molecule has 1 aromatic heterocycles. The number of aromatic nitrogens is 2. The fourth-order valence-electron chi connectivity index (χ4n) is 3.21. The van der Waals surface area contributed by atoms with Gasteiger partial charge in [-0.05, 0) is 48.9 Å². The summed E-state index contributed by atoms with van der Waals surface area (Å²) in [7, 11) is 0. The lowest BCUT2D eigenvalue weighted by Crippen LogP contribution is -2.31. The largest absolute Gasteiger partial charge is 0.411 e. The highest BCUT2D eigenvalue weighted by atomic mass is 35.5. The molecule has 0 radical (unpaired) electrons. The lowest BCUT2D eigenvalue weighted by atomic mass is 10.1. The molecule has 1 amide bonds. The monoisotopic (exact) mass is 494 g/mol. The van der Waals surface area contributed by atoms with Crippen molar-refractivity contribution < 1.29 is 14.1 Å². The molecule has 34 heavy (non-hydrogen) atoms. The molecule has 1 heterocycles. The average Bonchev–Trinajstić information content (AvgIpc) is 3.31. The number of carbonyl (C=O) groups is 1. The molecule has 0 aliphatic carbocycles. The van der Waals surface area contributed by atoms with E-state index in [1.54, 1.807) is 29.2 Å². The zero-order valence-corrected chi connectivity index (χ0v) is 19.6. The molecule has 10 heteroatoms. The Labute approximate surface area is 204 Å². The zero-order valence-electron chi connectivity index (χ0n) is 18.1. The molecule has 0 aliphatic rings. The molecule has 4 aromatic rings. The van der Waals surface area contributed by atoms with Crippen molar-refractivity contribution in [3.05, 3.63) is 99.1 Å². The summed E-state index contributed by atoms with van der Waals surface area (Å²) in [5, 5.41) is 20.0. The number of rotatable bonds is 8. The van der Waals surface area contributed by atoms with Crippen LogP contribution >= 0.6 is 23.4 Å². The predicted molar refractivity (Wildman–Crippen MR) is 131 cm³/mol. The number of anilines is 1. The maximum Gasteiger partial charge on any atom is 0.277 e. The molecular formula is C24H19ClN4O4S. The quantitative estimate of drug-likeness (QED) is 0.170. The van der Waals surface area contributed by atoms with Crippen LogP contribution in [0, 0.1) is 17.0 Å². The first-order valence-corrected chi connectivity index (χ1v) is 11.6. The van der Waals surface area contributed by atoms with Gasteiger partial charge in [0.25, 0.3) is 10.9 Å². The SMILES string of the molecule is Cc1cccc(-c2nnc(SCC(=O)N(Cc3ccc(Cl)cc3)c3ccc([N+](=O)[O-])cc3)o2)c1.